The highest BCUT2D eigenvalue weighted by Gasteiger charge is 2.23. The number of carbonyl (C=O) groups excluding carboxylic acids is 1. The molecule has 0 unspecified atom stereocenters. The number of nitrogen functional groups attached to an aromatic ring is 1. The quantitative estimate of drug-likeness (QED) is 0.825. The van der Waals surface area contributed by atoms with Crippen LogP contribution in [0.25, 0.3) is 0 Å². The highest BCUT2D eigenvalue weighted by Crippen LogP contribution is 2.26. The average Bonchev–Trinajstić information content (AvgIpc) is 2.86. The number of thiazole rings is 1. The van der Waals surface area contributed by atoms with Gasteiger partial charge in [-0.3, -0.25) is 9.59 Å². The van der Waals surface area contributed by atoms with Gasteiger partial charge in [0.1, 0.15) is 4.88 Å². The smallest absolute Gasteiger partial charge is 0.305 e. The number of benzene rings is 1. The van der Waals surface area contributed by atoms with Crippen molar-refractivity contribution < 1.29 is 14.7 Å². The summed E-state index contributed by atoms with van der Waals surface area (Å²) < 4.78 is 0. The summed E-state index contributed by atoms with van der Waals surface area (Å²) in [4.78, 5) is 29.4. The molecule has 0 fully saturated rings. The third-order valence-electron chi connectivity index (χ3n) is 2.96. The first-order chi connectivity index (χ1) is 10.0. The van der Waals surface area contributed by atoms with Crippen molar-refractivity contribution in [3.8, 4) is 0 Å². The molecule has 1 amide bonds. The minimum Gasteiger partial charge on any atom is -0.481 e. The van der Waals surface area contributed by atoms with Crippen LogP contribution >= 0.6 is 11.3 Å². The lowest BCUT2D eigenvalue weighted by Gasteiger charge is -2.23. The number of carboxylic acids is 1. The summed E-state index contributed by atoms with van der Waals surface area (Å²) in [6.07, 6.45) is -0.155. The molecule has 7 heteroatoms. The van der Waals surface area contributed by atoms with Crippen LogP contribution < -0.4 is 10.6 Å². The number of hydrogen-bond acceptors (Lipinski definition) is 5. The van der Waals surface area contributed by atoms with Gasteiger partial charge in [0.2, 0.25) is 0 Å². The van der Waals surface area contributed by atoms with Gasteiger partial charge in [-0.25, -0.2) is 4.98 Å². The SMILES string of the molecule is Cc1ncsc1C(=O)N(CCC(=O)O)c1ccccc1N. The second kappa shape index (κ2) is 6.36. The van der Waals surface area contributed by atoms with E-state index < -0.39 is 5.97 Å². The van der Waals surface area contributed by atoms with Crippen LogP contribution in [0.1, 0.15) is 21.8 Å². The zero-order valence-corrected chi connectivity index (χ0v) is 12.3. The normalized spacial score (nSPS) is 10.3. The molecule has 110 valence electrons. The summed E-state index contributed by atoms with van der Waals surface area (Å²) in [5, 5.41) is 8.87. The van der Waals surface area contributed by atoms with Gasteiger partial charge in [-0.15, -0.1) is 11.3 Å². The first kappa shape index (κ1) is 15.0. The average molecular weight is 305 g/mol. The number of aliphatic carboxylic acids is 1. The number of aromatic nitrogens is 1. The molecule has 3 N–H and O–H groups in total. The van der Waals surface area contributed by atoms with Crippen LogP contribution in [0.3, 0.4) is 0 Å². The molecule has 0 aliphatic heterocycles. The van der Waals surface area contributed by atoms with Crippen molar-refractivity contribution in [2.75, 3.05) is 17.2 Å². The van der Waals surface area contributed by atoms with Gasteiger partial charge in [0.05, 0.1) is 29.0 Å². The van der Waals surface area contributed by atoms with Crippen molar-refractivity contribution in [2.45, 2.75) is 13.3 Å². The topological polar surface area (TPSA) is 96.5 Å². The molecule has 21 heavy (non-hydrogen) atoms. The van der Waals surface area contributed by atoms with Gasteiger partial charge < -0.3 is 15.7 Å². The van der Waals surface area contributed by atoms with Gasteiger partial charge in [-0.2, -0.15) is 0 Å². The van der Waals surface area contributed by atoms with Crippen LogP contribution in [0.4, 0.5) is 11.4 Å². The number of carbonyl (C=O) groups is 2. The Morgan fingerprint density at radius 3 is 2.67 bits per heavy atom. The Bertz CT molecular complexity index is 669. The third-order valence-corrected chi connectivity index (χ3v) is 3.88. The molecule has 0 saturated heterocycles. The number of aryl methyl sites for hydroxylation is 1. The third kappa shape index (κ3) is 3.38. The van der Waals surface area contributed by atoms with E-state index in [1.807, 2.05) is 0 Å². The number of rotatable bonds is 5. The van der Waals surface area contributed by atoms with E-state index in [1.165, 1.54) is 16.2 Å². The Morgan fingerprint density at radius 1 is 1.38 bits per heavy atom. The van der Waals surface area contributed by atoms with Crippen molar-refractivity contribution in [3.05, 3.63) is 40.3 Å². The summed E-state index contributed by atoms with van der Waals surface area (Å²) in [6.45, 7) is 1.80. The molecule has 0 radical (unpaired) electrons. The molecule has 2 rings (SSSR count). The summed E-state index contributed by atoms with van der Waals surface area (Å²) in [7, 11) is 0. The van der Waals surface area contributed by atoms with E-state index in [4.69, 9.17) is 10.8 Å². The Labute approximate surface area is 125 Å². The van der Waals surface area contributed by atoms with Crippen LogP contribution in [0.5, 0.6) is 0 Å². The van der Waals surface area contributed by atoms with Gasteiger partial charge in [-0.05, 0) is 19.1 Å². The number of para-hydroxylation sites is 2. The number of nitrogens with two attached hydrogens (primary N) is 1. The van der Waals surface area contributed by atoms with E-state index in [9.17, 15) is 9.59 Å². The Kier molecular flexibility index (Phi) is 4.54. The molecule has 0 aliphatic rings. The standard InChI is InChI=1S/C14H15N3O3S/c1-9-13(21-8-16-9)14(20)17(7-6-12(18)19)11-5-3-2-4-10(11)15/h2-5,8H,6-7,15H2,1H3,(H,18,19). The Morgan fingerprint density at radius 2 is 2.10 bits per heavy atom. The van der Waals surface area contributed by atoms with Gasteiger partial charge in [-0.1, -0.05) is 12.1 Å². The number of carboxylic acid groups (broad SMARTS) is 1. The monoisotopic (exact) mass is 305 g/mol. The van der Waals surface area contributed by atoms with Crippen LogP contribution in [0.15, 0.2) is 29.8 Å². The van der Waals surface area contributed by atoms with Gasteiger partial charge in [0.15, 0.2) is 0 Å². The van der Waals surface area contributed by atoms with Crippen LogP contribution in [0.2, 0.25) is 0 Å². The van der Waals surface area contributed by atoms with E-state index in [-0.39, 0.29) is 18.9 Å². The lowest BCUT2D eigenvalue weighted by Crippen LogP contribution is -2.33. The predicted molar refractivity (Wildman–Crippen MR) is 81.6 cm³/mol. The fourth-order valence-electron chi connectivity index (χ4n) is 1.90. The van der Waals surface area contributed by atoms with Crippen LogP contribution in [-0.4, -0.2) is 28.5 Å². The molecular weight excluding hydrogens is 290 g/mol. The van der Waals surface area contributed by atoms with Gasteiger partial charge in [0.25, 0.3) is 5.91 Å². The highest BCUT2D eigenvalue weighted by atomic mass is 32.1. The second-order valence-electron chi connectivity index (χ2n) is 4.43. The highest BCUT2D eigenvalue weighted by molar-refractivity contribution is 7.12. The first-order valence-electron chi connectivity index (χ1n) is 6.29. The molecule has 2 aromatic rings. The zero-order chi connectivity index (χ0) is 15.4. The molecule has 1 heterocycles. The lowest BCUT2D eigenvalue weighted by molar-refractivity contribution is -0.136. The molecule has 1 aromatic heterocycles. The van der Waals surface area contributed by atoms with Crippen LogP contribution in [-0.2, 0) is 4.79 Å². The molecular formula is C14H15N3O3S. The Hall–Kier alpha value is -2.41. The number of anilines is 2. The molecule has 0 atom stereocenters. The summed E-state index contributed by atoms with van der Waals surface area (Å²) in [6, 6.07) is 6.89. The molecule has 0 saturated carbocycles. The fourth-order valence-corrected chi connectivity index (χ4v) is 2.65. The Balaban J connectivity index is 2.37. The largest absolute Gasteiger partial charge is 0.481 e. The number of amides is 1. The minimum atomic E-state index is -0.969. The zero-order valence-electron chi connectivity index (χ0n) is 11.4. The van der Waals surface area contributed by atoms with E-state index in [2.05, 4.69) is 4.98 Å². The maximum atomic E-state index is 12.6. The summed E-state index contributed by atoms with van der Waals surface area (Å²) in [5.74, 6) is -1.25. The van der Waals surface area contributed by atoms with Crippen molar-refractivity contribution in [1.82, 2.24) is 4.98 Å². The van der Waals surface area contributed by atoms with Gasteiger partial charge in [0, 0.05) is 6.54 Å². The summed E-state index contributed by atoms with van der Waals surface area (Å²) in [5.41, 5.74) is 9.06. The second-order valence-corrected chi connectivity index (χ2v) is 5.28. The maximum absolute atomic E-state index is 12.6. The van der Waals surface area contributed by atoms with Crippen LogP contribution in [0, 0.1) is 6.92 Å². The molecule has 1 aromatic carbocycles. The van der Waals surface area contributed by atoms with Crippen molar-refractivity contribution in [1.29, 1.82) is 0 Å². The lowest BCUT2D eigenvalue weighted by atomic mass is 10.2. The fraction of sp³-hybridized carbons (Fsp3) is 0.214. The van der Waals surface area contributed by atoms with Crippen molar-refractivity contribution >= 4 is 34.6 Å². The first-order valence-corrected chi connectivity index (χ1v) is 7.17. The maximum Gasteiger partial charge on any atom is 0.305 e. The van der Waals surface area contributed by atoms with Gasteiger partial charge >= 0.3 is 5.97 Å². The van der Waals surface area contributed by atoms with E-state index in [1.54, 1.807) is 36.7 Å². The number of hydrogen-bond donors (Lipinski definition) is 2. The molecule has 6 nitrogen and oxygen atoms in total. The van der Waals surface area contributed by atoms with Crippen molar-refractivity contribution in [3.63, 3.8) is 0 Å². The molecule has 0 bridgehead atoms. The molecule has 0 aliphatic carbocycles. The molecule has 0 spiro atoms. The summed E-state index contributed by atoms with van der Waals surface area (Å²) >= 11 is 1.23. The van der Waals surface area contributed by atoms with E-state index >= 15 is 0 Å². The predicted octanol–water partition coefficient (Wildman–Crippen LogP) is 2.16. The van der Waals surface area contributed by atoms with Crippen molar-refractivity contribution in [2.24, 2.45) is 0 Å². The number of nitrogens with zero attached hydrogens (tertiary/aromatic N) is 2. The minimum absolute atomic E-state index is 0.0553. The van der Waals surface area contributed by atoms with E-state index in [0.717, 1.165) is 0 Å². The van der Waals surface area contributed by atoms with E-state index in [0.29, 0.717) is 21.9 Å².